The number of hydrogen-bond donors (Lipinski definition) is 3. The van der Waals surface area contributed by atoms with Crippen molar-refractivity contribution in [3.63, 3.8) is 0 Å². The summed E-state index contributed by atoms with van der Waals surface area (Å²) in [5, 5.41) is 2.32. The molecule has 0 atom stereocenters. The molecule has 2 aromatic heterocycles. The molecule has 168 valence electrons. The molecule has 13 heteroatoms. The van der Waals surface area contributed by atoms with Gasteiger partial charge >= 0.3 is 29.4 Å². The maximum Gasteiger partial charge on any atom is 0.446 e. The fourth-order valence-corrected chi connectivity index (χ4v) is 3.50. The van der Waals surface area contributed by atoms with Crippen LogP contribution in [0.15, 0.2) is 62.7 Å². The van der Waals surface area contributed by atoms with Crippen LogP contribution in [-0.4, -0.2) is 27.7 Å². The van der Waals surface area contributed by atoms with Crippen LogP contribution in [0.3, 0.4) is 0 Å². The van der Waals surface area contributed by atoms with E-state index in [9.17, 15) is 35.9 Å². The highest BCUT2D eigenvalue weighted by Gasteiger charge is 2.78. The van der Waals surface area contributed by atoms with Crippen molar-refractivity contribution in [2.75, 3.05) is 5.32 Å². The first kappa shape index (κ1) is 21.5. The Kier molecular flexibility index (Phi) is 4.79. The highest BCUT2D eigenvalue weighted by atomic mass is 19.4. The topological polar surface area (TPSA) is 94.0 Å². The number of fused-ring (bicyclic) bond motifs is 1. The summed E-state index contributed by atoms with van der Waals surface area (Å²) in [5.74, 6) is -2.17. The van der Waals surface area contributed by atoms with Crippen LogP contribution >= 0.6 is 0 Å². The third-order valence-electron chi connectivity index (χ3n) is 4.93. The molecule has 0 fully saturated rings. The second kappa shape index (κ2) is 7.14. The molecule has 3 aromatic rings. The Morgan fingerprint density at radius 2 is 1.62 bits per heavy atom. The van der Waals surface area contributed by atoms with Crippen LogP contribution in [0, 0.1) is 0 Å². The second-order valence-electron chi connectivity index (χ2n) is 6.90. The summed E-state index contributed by atoms with van der Waals surface area (Å²) in [4.78, 5) is 27.8. The van der Waals surface area contributed by atoms with Gasteiger partial charge in [-0.2, -0.15) is 26.3 Å². The molecule has 0 saturated carbocycles. The second-order valence-corrected chi connectivity index (χ2v) is 6.90. The number of anilines is 1. The zero-order chi connectivity index (χ0) is 23.3. The van der Waals surface area contributed by atoms with Gasteiger partial charge in [0.05, 0.1) is 12.8 Å². The third-order valence-corrected chi connectivity index (χ3v) is 4.93. The van der Waals surface area contributed by atoms with Crippen molar-refractivity contribution in [2.45, 2.75) is 24.4 Å². The van der Waals surface area contributed by atoms with Crippen LogP contribution in [0.25, 0.3) is 0 Å². The van der Waals surface area contributed by atoms with Crippen molar-refractivity contribution >= 4 is 11.7 Å². The predicted molar refractivity (Wildman–Crippen MR) is 98.1 cm³/mol. The molecule has 0 amide bonds. The maximum absolute atomic E-state index is 14.1. The Morgan fingerprint density at radius 3 is 2.19 bits per heavy atom. The van der Waals surface area contributed by atoms with Gasteiger partial charge in [0.25, 0.3) is 5.56 Å². The Balaban J connectivity index is 2.09. The third kappa shape index (κ3) is 3.20. The minimum absolute atomic E-state index is 0.396. The SMILES string of the molecule is O=c1[nH]c(=O)n(Cc2ccccc2)c2c1C(C(F)(F)F)(C(F)(F)F)[NH+]=C(c1ccco1)N2. The van der Waals surface area contributed by atoms with Gasteiger partial charge in [-0.05, 0) is 17.7 Å². The van der Waals surface area contributed by atoms with E-state index in [1.807, 2.05) is 0 Å². The molecule has 7 nitrogen and oxygen atoms in total. The number of halogens is 6. The van der Waals surface area contributed by atoms with Crippen molar-refractivity contribution < 1.29 is 35.8 Å². The zero-order valence-electron chi connectivity index (χ0n) is 15.8. The highest BCUT2D eigenvalue weighted by Crippen LogP contribution is 2.48. The predicted octanol–water partition coefficient (Wildman–Crippen LogP) is 1.45. The Labute approximate surface area is 174 Å². The van der Waals surface area contributed by atoms with E-state index in [2.05, 4.69) is 5.32 Å². The number of aromatic nitrogens is 2. The zero-order valence-corrected chi connectivity index (χ0v) is 15.8. The summed E-state index contributed by atoms with van der Waals surface area (Å²) in [7, 11) is 0. The molecule has 0 bridgehead atoms. The van der Waals surface area contributed by atoms with Gasteiger partial charge in [0.2, 0.25) is 11.6 Å². The molecule has 0 unspecified atom stereocenters. The molecule has 1 aliphatic rings. The number of alkyl halides is 6. The lowest BCUT2D eigenvalue weighted by Crippen LogP contribution is -2.97. The standard InChI is InChI=1S/C19H12F6N4O3/c20-18(21,22)17(19(23,24)25)12-14(26-13(28-17)11-7-4-8-32-11)29(16(31)27-15(12)30)9-10-5-2-1-3-6-10/h1-8H,9H2,(H,26,28)(H,27,30,31)/p+1. The van der Waals surface area contributed by atoms with Crippen molar-refractivity contribution in [1.82, 2.24) is 9.55 Å². The molecule has 1 aromatic carbocycles. The summed E-state index contributed by atoms with van der Waals surface area (Å²) in [6, 6.07) is 10.2. The van der Waals surface area contributed by atoms with Crippen molar-refractivity contribution in [1.29, 1.82) is 0 Å². The average Bonchev–Trinajstić information content (AvgIpc) is 3.24. The van der Waals surface area contributed by atoms with Gasteiger partial charge in [0.15, 0.2) is 0 Å². The van der Waals surface area contributed by atoms with Crippen molar-refractivity contribution in [3.05, 3.63) is 86.5 Å². The molecule has 0 radical (unpaired) electrons. The van der Waals surface area contributed by atoms with E-state index < -0.39 is 58.7 Å². The number of nitrogens with one attached hydrogen (secondary N) is 3. The molecular weight excluding hydrogens is 446 g/mol. The number of rotatable bonds is 3. The molecule has 32 heavy (non-hydrogen) atoms. The smallest absolute Gasteiger partial charge is 0.446 e. The first-order valence-electron chi connectivity index (χ1n) is 8.96. The summed E-state index contributed by atoms with van der Waals surface area (Å²) >= 11 is 0. The fourth-order valence-electron chi connectivity index (χ4n) is 3.50. The fraction of sp³-hybridized carbons (Fsp3) is 0.211. The molecule has 0 aliphatic carbocycles. The van der Waals surface area contributed by atoms with Gasteiger partial charge in [-0.1, -0.05) is 30.3 Å². The summed E-state index contributed by atoms with van der Waals surface area (Å²) in [5.41, 5.74) is -9.18. The average molecular weight is 459 g/mol. The first-order chi connectivity index (χ1) is 15.0. The Hall–Kier alpha value is -3.77. The molecular formula is C19H13F6N4O3+. The van der Waals surface area contributed by atoms with Crippen LogP contribution < -0.4 is 21.6 Å². The quantitative estimate of drug-likeness (QED) is 0.517. The van der Waals surface area contributed by atoms with Gasteiger partial charge in [0, 0.05) is 0 Å². The number of H-pyrrole nitrogens is 1. The number of nitrogens with zero attached hydrogens (tertiary/aromatic N) is 1. The van der Waals surface area contributed by atoms with E-state index in [-0.39, 0.29) is 0 Å². The lowest BCUT2D eigenvalue weighted by molar-refractivity contribution is -0.658. The van der Waals surface area contributed by atoms with Gasteiger partial charge in [-0.25, -0.2) is 15.1 Å². The van der Waals surface area contributed by atoms with E-state index in [0.29, 0.717) is 10.1 Å². The van der Waals surface area contributed by atoms with Crippen LogP contribution in [0.5, 0.6) is 0 Å². The van der Waals surface area contributed by atoms with E-state index in [4.69, 9.17) is 4.42 Å². The van der Waals surface area contributed by atoms with Crippen LogP contribution in [0.1, 0.15) is 16.9 Å². The van der Waals surface area contributed by atoms with Crippen LogP contribution in [0.2, 0.25) is 0 Å². The summed E-state index contributed by atoms with van der Waals surface area (Å²) in [6.07, 6.45) is -11.0. The Bertz CT molecular complexity index is 1270. The van der Waals surface area contributed by atoms with Crippen molar-refractivity contribution in [3.8, 4) is 0 Å². The first-order valence-corrected chi connectivity index (χ1v) is 8.96. The minimum atomic E-state index is -6.03. The molecule has 0 spiro atoms. The van der Waals surface area contributed by atoms with Gasteiger partial charge in [-0.3, -0.25) is 14.3 Å². The number of benzene rings is 1. The lowest BCUT2D eigenvalue weighted by atomic mass is 9.88. The van der Waals surface area contributed by atoms with E-state index in [0.717, 1.165) is 12.3 Å². The molecule has 3 heterocycles. The van der Waals surface area contributed by atoms with E-state index >= 15 is 0 Å². The minimum Gasteiger partial charge on any atom is -0.456 e. The number of aromatic amines is 1. The monoisotopic (exact) mass is 459 g/mol. The highest BCUT2D eigenvalue weighted by molar-refractivity contribution is 6.03. The molecule has 4 rings (SSSR count). The Morgan fingerprint density at radius 1 is 0.969 bits per heavy atom. The van der Waals surface area contributed by atoms with Gasteiger partial charge in [-0.15, -0.1) is 0 Å². The number of hydrogen-bond acceptors (Lipinski definition) is 4. The normalized spacial score (nSPS) is 15.6. The van der Waals surface area contributed by atoms with Crippen LogP contribution in [-0.2, 0) is 12.1 Å². The molecule has 3 N–H and O–H groups in total. The molecule has 1 aliphatic heterocycles. The summed E-state index contributed by atoms with van der Waals surface area (Å²) in [6.45, 7) is -0.414. The largest absolute Gasteiger partial charge is 0.456 e. The lowest BCUT2D eigenvalue weighted by Gasteiger charge is -2.34. The van der Waals surface area contributed by atoms with Gasteiger partial charge < -0.3 is 4.42 Å². The van der Waals surface area contributed by atoms with E-state index in [1.165, 1.54) is 23.2 Å². The maximum atomic E-state index is 14.1. The number of furan rings is 1. The van der Waals surface area contributed by atoms with E-state index in [1.54, 1.807) is 23.2 Å². The number of amidine groups is 1. The summed E-state index contributed by atoms with van der Waals surface area (Å²) < 4.78 is 90.3. The van der Waals surface area contributed by atoms with Gasteiger partial charge in [0.1, 0.15) is 5.56 Å². The molecule has 0 saturated heterocycles. The van der Waals surface area contributed by atoms with Crippen molar-refractivity contribution in [2.24, 2.45) is 0 Å². The van der Waals surface area contributed by atoms with Crippen LogP contribution in [0.4, 0.5) is 32.2 Å².